The second kappa shape index (κ2) is 15.2. The number of amides is 2. The van der Waals surface area contributed by atoms with Crippen LogP contribution >= 0.6 is 23.4 Å². The Morgan fingerprint density at radius 3 is 2.37 bits per heavy atom. The minimum Gasteiger partial charge on any atom is -0.497 e. The summed E-state index contributed by atoms with van der Waals surface area (Å²) >= 11 is 8.01. The maximum atomic E-state index is 12.9. The molecule has 0 spiro atoms. The van der Waals surface area contributed by atoms with Gasteiger partial charge < -0.3 is 15.0 Å². The summed E-state index contributed by atoms with van der Waals surface area (Å²) in [5.74, 6) is 1.87. The first kappa shape index (κ1) is 29.2. The molecule has 0 saturated heterocycles. The van der Waals surface area contributed by atoms with Gasteiger partial charge in [-0.3, -0.25) is 9.59 Å². The zero-order chi connectivity index (χ0) is 27.3. The molecule has 9 heteroatoms. The third-order valence-electron chi connectivity index (χ3n) is 5.90. The molecule has 0 bridgehead atoms. The van der Waals surface area contributed by atoms with Crippen molar-refractivity contribution in [1.82, 2.24) is 10.3 Å². The third kappa shape index (κ3) is 8.90. The van der Waals surface area contributed by atoms with E-state index in [1.54, 1.807) is 43.5 Å². The van der Waals surface area contributed by atoms with Crippen molar-refractivity contribution in [1.29, 1.82) is 0 Å². The van der Waals surface area contributed by atoms with Gasteiger partial charge in [0, 0.05) is 28.6 Å². The number of rotatable bonds is 13. The van der Waals surface area contributed by atoms with Gasteiger partial charge in [-0.05, 0) is 78.8 Å². The van der Waals surface area contributed by atoms with Gasteiger partial charge in [-0.15, -0.1) is 0 Å². The molecule has 0 saturated carbocycles. The molecule has 0 aromatic heterocycles. The molecule has 3 aromatic rings. The molecule has 0 fully saturated rings. The van der Waals surface area contributed by atoms with Crippen molar-refractivity contribution < 1.29 is 14.3 Å². The summed E-state index contributed by atoms with van der Waals surface area (Å²) < 4.78 is 5.13. The topological polar surface area (TPSA) is 83.0 Å². The largest absolute Gasteiger partial charge is 0.497 e. The predicted molar refractivity (Wildman–Crippen MR) is 158 cm³/mol. The van der Waals surface area contributed by atoms with Gasteiger partial charge in [0.1, 0.15) is 5.75 Å². The van der Waals surface area contributed by atoms with Crippen molar-refractivity contribution in [3.63, 3.8) is 0 Å². The van der Waals surface area contributed by atoms with Crippen molar-refractivity contribution >= 4 is 47.1 Å². The molecule has 0 aliphatic carbocycles. The molecule has 0 aliphatic rings. The average molecular weight is 553 g/mol. The number of nitrogens with zero attached hydrogens (tertiary/aromatic N) is 2. The summed E-state index contributed by atoms with van der Waals surface area (Å²) in [5, 5.41) is 7.20. The first-order valence-electron chi connectivity index (χ1n) is 12.4. The molecule has 0 radical (unpaired) electrons. The van der Waals surface area contributed by atoms with Crippen LogP contribution in [0.1, 0.15) is 45.7 Å². The molecule has 0 heterocycles. The molecule has 0 atom stereocenters. The van der Waals surface area contributed by atoms with E-state index in [4.69, 9.17) is 16.3 Å². The highest BCUT2D eigenvalue weighted by Crippen LogP contribution is 2.22. The van der Waals surface area contributed by atoms with Gasteiger partial charge in [0.05, 0.1) is 24.6 Å². The molecule has 7 nitrogen and oxygen atoms in total. The fraction of sp³-hybridized carbons (Fsp3) is 0.276. The normalized spacial score (nSPS) is 11.1. The number of hydrazone groups is 1. The summed E-state index contributed by atoms with van der Waals surface area (Å²) in [4.78, 5) is 28.1. The summed E-state index contributed by atoms with van der Waals surface area (Å²) in [6.07, 6.45) is 1.52. The first-order valence-corrected chi connectivity index (χ1v) is 13.9. The molecule has 0 unspecified atom stereocenters. The summed E-state index contributed by atoms with van der Waals surface area (Å²) in [5.41, 5.74) is 5.48. The number of nitrogens with one attached hydrogen (secondary N) is 2. The number of ether oxygens (including phenoxy) is 1. The quantitative estimate of drug-likeness (QED) is 0.156. The van der Waals surface area contributed by atoms with Crippen LogP contribution in [0.5, 0.6) is 5.75 Å². The second-order valence-corrected chi connectivity index (χ2v) is 9.93. The number of halogens is 1. The predicted octanol–water partition coefficient (Wildman–Crippen LogP) is 5.94. The Hall–Kier alpha value is -3.33. The summed E-state index contributed by atoms with van der Waals surface area (Å²) in [7, 11) is 1.59. The monoisotopic (exact) mass is 552 g/mol. The van der Waals surface area contributed by atoms with Crippen molar-refractivity contribution in [2.75, 3.05) is 37.8 Å². The Bertz CT molecular complexity index is 1230. The Morgan fingerprint density at radius 2 is 1.71 bits per heavy atom. The van der Waals surface area contributed by atoms with Crippen molar-refractivity contribution in [3.8, 4) is 5.75 Å². The van der Waals surface area contributed by atoms with Gasteiger partial charge >= 0.3 is 0 Å². The zero-order valence-corrected chi connectivity index (χ0v) is 23.4. The lowest BCUT2D eigenvalue weighted by Crippen LogP contribution is -2.25. The van der Waals surface area contributed by atoms with Gasteiger partial charge in [0.2, 0.25) is 0 Å². The molecule has 38 heavy (non-hydrogen) atoms. The molecular formula is C29H33ClN4O3S. The van der Waals surface area contributed by atoms with Crippen LogP contribution in [-0.2, 0) is 5.75 Å². The van der Waals surface area contributed by atoms with Crippen LogP contribution in [-0.4, -0.2) is 55.4 Å². The Balaban J connectivity index is 1.59. The number of hydrogen-bond donors (Lipinski definition) is 2. The third-order valence-corrected chi connectivity index (χ3v) is 7.14. The Morgan fingerprint density at radius 1 is 1.00 bits per heavy atom. The maximum absolute atomic E-state index is 12.9. The van der Waals surface area contributed by atoms with Crippen LogP contribution in [0.25, 0.3) is 0 Å². The van der Waals surface area contributed by atoms with Crippen molar-refractivity contribution in [2.45, 2.75) is 19.6 Å². The van der Waals surface area contributed by atoms with E-state index in [0.717, 1.165) is 48.0 Å². The maximum Gasteiger partial charge on any atom is 0.273 e. The smallest absolute Gasteiger partial charge is 0.273 e. The minimum absolute atomic E-state index is 0.207. The molecule has 3 aromatic carbocycles. The van der Waals surface area contributed by atoms with E-state index in [1.165, 1.54) is 12.3 Å². The highest BCUT2D eigenvalue weighted by molar-refractivity contribution is 7.98. The number of methoxy groups -OCH3 is 1. The van der Waals surface area contributed by atoms with Crippen LogP contribution in [0.4, 0.5) is 5.69 Å². The van der Waals surface area contributed by atoms with E-state index < -0.39 is 5.91 Å². The van der Waals surface area contributed by atoms with Crippen LogP contribution in [0.2, 0.25) is 5.02 Å². The number of benzene rings is 3. The number of carbonyl (C=O) groups excluding carboxylic acids is 2. The van der Waals surface area contributed by atoms with E-state index >= 15 is 0 Å². The van der Waals surface area contributed by atoms with E-state index in [0.29, 0.717) is 16.3 Å². The highest BCUT2D eigenvalue weighted by Gasteiger charge is 2.15. The first-order chi connectivity index (χ1) is 18.4. The highest BCUT2D eigenvalue weighted by atomic mass is 35.5. The average Bonchev–Trinajstić information content (AvgIpc) is 2.94. The van der Waals surface area contributed by atoms with Gasteiger partial charge in [0.15, 0.2) is 0 Å². The Labute approximate surface area is 233 Å². The lowest BCUT2D eigenvalue weighted by Gasteiger charge is -2.17. The van der Waals surface area contributed by atoms with Gasteiger partial charge in [-0.2, -0.15) is 16.9 Å². The molecule has 0 aliphatic heterocycles. The summed E-state index contributed by atoms with van der Waals surface area (Å²) in [6.45, 7) is 7.55. The molecule has 3 rings (SSSR count). The fourth-order valence-corrected chi connectivity index (χ4v) is 4.73. The number of hydrogen-bond acceptors (Lipinski definition) is 6. The minimum atomic E-state index is -0.496. The van der Waals surface area contributed by atoms with Crippen LogP contribution < -0.4 is 15.5 Å². The number of thioether (sulfide) groups is 1. The standard InChI is InChI=1S/C29H33ClN4O3S/c1-4-34(5-2)16-17-38-20-22-6-10-23(11-7-22)28(35)32-27-15-12-24(30)18-26(27)29(36)33-31-19-21-8-13-25(37-3)14-9-21/h6-15,18-19H,4-5,16-17,20H2,1-3H3,(H,32,35)(H,33,36)/b31-19+. The summed E-state index contributed by atoms with van der Waals surface area (Å²) in [6, 6.07) is 19.5. The fourth-order valence-electron chi connectivity index (χ4n) is 3.60. The zero-order valence-electron chi connectivity index (χ0n) is 21.9. The molecule has 2 amide bonds. The van der Waals surface area contributed by atoms with Crippen LogP contribution in [0.3, 0.4) is 0 Å². The van der Waals surface area contributed by atoms with Crippen LogP contribution in [0, 0.1) is 0 Å². The van der Waals surface area contributed by atoms with Gasteiger partial charge in [-0.25, -0.2) is 5.43 Å². The van der Waals surface area contributed by atoms with Gasteiger partial charge in [-0.1, -0.05) is 37.6 Å². The van der Waals surface area contributed by atoms with E-state index in [9.17, 15) is 9.59 Å². The van der Waals surface area contributed by atoms with Crippen LogP contribution in [0.15, 0.2) is 71.8 Å². The second-order valence-electron chi connectivity index (χ2n) is 8.39. The SMILES string of the molecule is CCN(CC)CCSCc1ccc(C(=O)Nc2ccc(Cl)cc2C(=O)N/N=C/c2ccc(OC)cc2)cc1. The molecule has 200 valence electrons. The molecular weight excluding hydrogens is 520 g/mol. The van der Waals surface area contributed by atoms with Crippen molar-refractivity contribution in [3.05, 3.63) is 94.0 Å². The van der Waals surface area contributed by atoms with Crippen molar-refractivity contribution in [2.24, 2.45) is 5.10 Å². The number of carbonyl (C=O) groups is 2. The van der Waals surface area contributed by atoms with E-state index in [1.807, 2.05) is 36.0 Å². The van der Waals surface area contributed by atoms with E-state index in [2.05, 4.69) is 34.6 Å². The number of anilines is 1. The lowest BCUT2D eigenvalue weighted by atomic mass is 10.1. The van der Waals surface area contributed by atoms with E-state index in [-0.39, 0.29) is 11.5 Å². The Kier molecular flexibility index (Phi) is 11.7. The lowest BCUT2D eigenvalue weighted by molar-refractivity contribution is 0.0956. The van der Waals surface area contributed by atoms with Gasteiger partial charge in [0.25, 0.3) is 11.8 Å². The molecule has 2 N–H and O–H groups in total.